The molecule has 22 heavy (non-hydrogen) atoms. The van der Waals surface area contributed by atoms with E-state index in [1.54, 1.807) is 0 Å². The number of thioether (sulfide) groups is 1. The Labute approximate surface area is 132 Å². The molecule has 1 spiro atoms. The molecule has 6 heteroatoms. The molecule has 0 amide bonds. The van der Waals surface area contributed by atoms with Crippen LogP contribution in [0.25, 0.3) is 0 Å². The number of fused-ring (bicyclic) bond motifs is 2. The number of nitrogens with two attached hydrogens (primary N) is 1. The minimum atomic E-state index is -1.08. The van der Waals surface area contributed by atoms with Gasteiger partial charge in [-0.05, 0) is 12.5 Å². The minimum Gasteiger partial charge on any atom is -0.386 e. The Bertz CT molecular complexity index is 786. The first-order valence-electron chi connectivity index (χ1n) is 7.11. The van der Waals surface area contributed by atoms with Crippen LogP contribution in [0, 0.1) is 40.4 Å². The average molecular weight is 310 g/mol. The van der Waals surface area contributed by atoms with Gasteiger partial charge in [-0.1, -0.05) is 41.6 Å². The zero-order valence-electron chi connectivity index (χ0n) is 12.0. The Morgan fingerprint density at radius 2 is 2.23 bits per heavy atom. The third kappa shape index (κ3) is 1.19. The van der Waals surface area contributed by atoms with Gasteiger partial charge in [0, 0.05) is 11.7 Å². The van der Waals surface area contributed by atoms with E-state index in [1.165, 1.54) is 11.8 Å². The molecule has 1 saturated carbocycles. The molecule has 4 rings (SSSR count). The maximum atomic E-state index is 9.98. The predicted octanol–water partition coefficient (Wildman–Crippen LogP) is 1.90. The monoisotopic (exact) mass is 310 g/mol. The van der Waals surface area contributed by atoms with Crippen molar-refractivity contribution in [1.29, 1.82) is 10.5 Å². The molecular formula is C16H14N4OS. The summed E-state index contributed by atoms with van der Waals surface area (Å²) >= 11 is 1.48. The number of ether oxygens (including phenoxy) is 1. The van der Waals surface area contributed by atoms with Gasteiger partial charge in [-0.2, -0.15) is 10.5 Å². The van der Waals surface area contributed by atoms with E-state index in [1.807, 2.05) is 31.2 Å². The first-order valence-corrected chi connectivity index (χ1v) is 8.09. The van der Waals surface area contributed by atoms with Crippen molar-refractivity contribution >= 4 is 17.6 Å². The molecule has 110 valence electrons. The van der Waals surface area contributed by atoms with Crippen LogP contribution >= 0.6 is 11.8 Å². The fourth-order valence-corrected chi connectivity index (χ4v) is 5.39. The number of nitrogens with zero attached hydrogens (tertiary/aromatic N) is 3. The lowest BCUT2D eigenvalue weighted by Gasteiger charge is -2.26. The number of benzene rings is 1. The molecule has 2 fully saturated rings. The van der Waals surface area contributed by atoms with E-state index >= 15 is 0 Å². The Hall–Kier alpha value is -2.02. The normalized spacial score (nSPS) is 41.6. The molecule has 2 heterocycles. The molecule has 0 aromatic heterocycles. The number of nitriles is 2. The Morgan fingerprint density at radius 3 is 2.82 bits per heavy atom. The molecule has 2 aliphatic heterocycles. The lowest BCUT2D eigenvalue weighted by molar-refractivity contribution is 0.0200. The van der Waals surface area contributed by atoms with Gasteiger partial charge in [0.05, 0.1) is 18.7 Å². The van der Waals surface area contributed by atoms with Crippen LogP contribution in [-0.4, -0.2) is 23.3 Å². The fourth-order valence-electron chi connectivity index (χ4n) is 4.07. The van der Waals surface area contributed by atoms with Gasteiger partial charge in [-0.25, -0.2) is 4.99 Å². The number of hydrogen-bond donors (Lipinski definition) is 1. The van der Waals surface area contributed by atoms with Crippen molar-refractivity contribution < 1.29 is 4.74 Å². The molecule has 3 aliphatic rings. The van der Waals surface area contributed by atoms with Gasteiger partial charge in [-0.3, -0.25) is 0 Å². The van der Waals surface area contributed by atoms with E-state index in [-0.39, 0.29) is 11.8 Å². The SMILES string of the molecule is Cc1cccc([C@H]2[C@@]3(C#N)[C@@]4(N=C(N)[C@@]23C#N)OCCS4)c1. The number of aryl methyl sites for hydroxylation is 1. The highest BCUT2D eigenvalue weighted by Crippen LogP contribution is 2.84. The second-order valence-electron chi connectivity index (χ2n) is 5.96. The van der Waals surface area contributed by atoms with Crippen molar-refractivity contribution in [1.82, 2.24) is 0 Å². The number of aliphatic imine (C=N–C) groups is 1. The van der Waals surface area contributed by atoms with Crippen LogP contribution in [0.5, 0.6) is 0 Å². The van der Waals surface area contributed by atoms with E-state index < -0.39 is 15.9 Å². The second kappa shape index (κ2) is 4.04. The zero-order chi connectivity index (χ0) is 15.6. The highest BCUT2D eigenvalue weighted by atomic mass is 32.2. The van der Waals surface area contributed by atoms with E-state index in [4.69, 9.17) is 10.5 Å². The molecule has 0 unspecified atom stereocenters. The number of rotatable bonds is 1. The molecule has 0 radical (unpaired) electrons. The van der Waals surface area contributed by atoms with Crippen LogP contribution in [0.4, 0.5) is 0 Å². The van der Waals surface area contributed by atoms with E-state index in [9.17, 15) is 10.5 Å². The molecule has 5 nitrogen and oxygen atoms in total. The topological polar surface area (TPSA) is 95.2 Å². The maximum absolute atomic E-state index is 9.98. The molecule has 4 atom stereocenters. The zero-order valence-corrected chi connectivity index (χ0v) is 12.9. The summed E-state index contributed by atoms with van der Waals surface area (Å²) in [6, 6.07) is 12.6. The fraction of sp³-hybridized carbons (Fsp3) is 0.438. The van der Waals surface area contributed by atoms with Crippen molar-refractivity contribution in [3.8, 4) is 12.1 Å². The van der Waals surface area contributed by atoms with Crippen LogP contribution < -0.4 is 5.73 Å². The Morgan fingerprint density at radius 1 is 1.41 bits per heavy atom. The highest BCUT2D eigenvalue weighted by Gasteiger charge is 2.93. The smallest absolute Gasteiger partial charge is 0.230 e. The van der Waals surface area contributed by atoms with Crippen LogP contribution in [0.2, 0.25) is 0 Å². The summed E-state index contributed by atoms with van der Waals surface area (Å²) in [5, 5.41) is 18.8. The molecule has 1 aromatic rings. The first kappa shape index (κ1) is 13.6. The number of amidine groups is 1. The third-order valence-electron chi connectivity index (χ3n) is 4.98. The van der Waals surface area contributed by atoms with E-state index in [0.29, 0.717) is 6.61 Å². The van der Waals surface area contributed by atoms with Gasteiger partial charge >= 0.3 is 0 Å². The van der Waals surface area contributed by atoms with Gasteiger partial charge in [0.25, 0.3) is 0 Å². The molecule has 0 bridgehead atoms. The number of hydrogen-bond acceptors (Lipinski definition) is 6. The highest BCUT2D eigenvalue weighted by molar-refractivity contribution is 8.00. The standard InChI is InChI=1S/C16H14N4OS/c1-10-3-2-4-11(7-10)12-14(8-17)13(19)20-16(15(12,14)9-18)21-5-6-22-16/h2-4,7,12H,5-6H2,1H3,(H2,19,20)/t12-,14-,15-,16-/m1/s1. The summed E-state index contributed by atoms with van der Waals surface area (Å²) < 4.78 is 5.85. The van der Waals surface area contributed by atoms with Crippen molar-refractivity contribution in [2.45, 2.75) is 17.9 Å². The van der Waals surface area contributed by atoms with Crippen LogP contribution in [0.3, 0.4) is 0 Å². The summed E-state index contributed by atoms with van der Waals surface area (Å²) in [6.07, 6.45) is 0. The van der Waals surface area contributed by atoms with E-state index in [0.717, 1.165) is 16.9 Å². The molecule has 1 saturated heterocycles. The van der Waals surface area contributed by atoms with Crippen molar-refractivity contribution in [2.75, 3.05) is 12.4 Å². The molecule has 1 aliphatic carbocycles. The summed E-state index contributed by atoms with van der Waals surface area (Å²) in [6.45, 7) is 2.51. The molecular weight excluding hydrogens is 296 g/mol. The summed E-state index contributed by atoms with van der Waals surface area (Å²) in [5.74, 6) is 0.692. The first-order chi connectivity index (χ1) is 10.6. The maximum Gasteiger partial charge on any atom is 0.230 e. The van der Waals surface area contributed by atoms with Gasteiger partial charge < -0.3 is 10.5 Å². The van der Waals surface area contributed by atoms with Crippen molar-refractivity contribution in [2.24, 2.45) is 21.6 Å². The summed E-state index contributed by atoms with van der Waals surface area (Å²) in [4.78, 5) is 4.42. The van der Waals surface area contributed by atoms with Crippen molar-refractivity contribution in [3.63, 3.8) is 0 Å². The van der Waals surface area contributed by atoms with Crippen LogP contribution in [0.1, 0.15) is 17.0 Å². The van der Waals surface area contributed by atoms with Crippen molar-refractivity contribution in [3.05, 3.63) is 35.4 Å². The predicted molar refractivity (Wildman–Crippen MR) is 82.8 cm³/mol. The lowest BCUT2D eigenvalue weighted by Crippen LogP contribution is -2.34. The van der Waals surface area contributed by atoms with Gasteiger partial charge in [-0.15, -0.1) is 0 Å². The summed E-state index contributed by atoms with van der Waals surface area (Å²) in [5.41, 5.74) is 6.07. The van der Waals surface area contributed by atoms with E-state index in [2.05, 4.69) is 17.1 Å². The summed E-state index contributed by atoms with van der Waals surface area (Å²) in [7, 11) is 0. The largest absolute Gasteiger partial charge is 0.386 e. The van der Waals surface area contributed by atoms with Gasteiger partial charge in [0.2, 0.25) is 5.06 Å². The Kier molecular flexibility index (Phi) is 2.50. The Balaban J connectivity index is 1.94. The second-order valence-corrected chi connectivity index (χ2v) is 7.21. The lowest BCUT2D eigenvalue weighted by atomic mass is 9.95. The molecule has 2 N–H and O–H groups in total. The quantitative estimate of drug-likeness (QED) is 0.854. The van der Waals surface area contributed by atoms with Gasteiger partial charge in [0.15, 0.2) is 5.41 Å². The third-order valence-corrected chi connectivity index (χ3v) is 6.27. The van der Waals surface area contributed by atoms with Crippen LogP contribution in [0.15, 0.2) is 29.3 Å². The van der Waals surface area contributed by atoms with Crippen LogP contribution in [-0.2, 0) is 4.74 Å². The van der Waals surface area contributed by atoms with Gasteiger partial charge in [0.1, 0.15) is 11.3 Å². The molecule has 1 aromatic carbocycles. The average Bonchev–Trinajstić information content (AvgIpc) is 2.77. The minimum absolute atomic E-state index is 0.234.